The predicted molar refractivity (Wildman–Crippen MR) is 104 cm³/mol. The van der Waals surface area contributed by atoms with Crippen molar-refractivity contribution >= 4 is 29.3 Å². The summed E-state index contributed by atoms with van der Waals surface area (Å²) in [7, 11) is 1.30. The lowest BCUT2D eigenvalue weighted by Gasteiger charge is -2.37. The maximum atomic E-state index is 12.7. The van der Waals surface area contributed by atoms with Gasteiger partial charge in [-0.15, -0.1) is 11.3 Å². The van der Waals surface area contributed by atoms with E-state index in [2.05, 4.69) is 5.10 Å². The van der Waals surface area contributed by atoms with Gasteiger partial charge in [-0.3, -0.25) is 14.4 Å². The maximum absolute atomic E-state index is 12.7. The second kappa shape index (κ2) is 8.24. The molecule has 154 valence electrons. The van der Waals surface area contributed by atoms with Crippen molar-refractivity contribution in [2.75, 3.05) is 26.8 Å². The van der Waals surface area contributed by atoms with Crippen LogP contribution in [0.2, 0.25) is 0 Å². The first-order valence-electron chi connectivity index (χ1n) is 9.45. The molecule has 0 spiro atoms. The largest absolute Gasteiger partial charge is 0.467 e. The highest BCUT2D eigenvalue weighted by Crippen LogP contribution is 2.25. The highest BCUT2D eigenvalue weighted by molar-refractivity contribution is 7.13. The van der Waals surface area contributed by atoms with Gasteiger partial charge in [-0.2, -0.15) is 5.10 Å². The SMILES string of the molecule is COC(=O)[C@H]1COC(=O)N1C1CCN(C(=O)Cn2ccc(-c3cccs3)n2)CC1. The molecule has 4 heterocycles. The summed E-state index contributed by atoms with van der Waals surface area (Å²) in [6.07, 6.45) is 2.49. The summed E-state index contributed by atoms with van der Waals surface area (Å²) in [5.41, 5.74) is 0.855. The molecule has 2 saturated heterocycles. The number of cyclic esters (lactones) is 1. The number of rotatable bonds is 5. The van der Waals surface area contributed by atoms with Crippen LogP contribution in [-0.2, 0) is 25.6 Å². The van der Waals surface area contributed by atoms with E-state index in [9.17, 15) is 14.4 Å². The van der Waals surface area contributed by atoms with Crippen LogP contribution in [0.5, 0.6) is 0 Å². The second-order valence-corrected chi connectivity index (χ2v) is 7.96. The number of hydrogen-bond acceptors (Lipinski definition) is 7. The fraction of sp³-hybridized carbons (Fsp3) is 0.474. The summed E-state index contributed by atoms with van der Waals surface area (Å²) >= 11 is 1.61. The van der Waals surface area contributed by atoms with E-state index in [1.54, 1.807) is 27.1 Å². The summed E-state index contributed by atoms with van der Waals surface area (Å²) in [5.74, 6) is -0.493. The average molecular weight is 418 g/mol. The molecule has 0 radical (unpaired) electrons. The van der Waals surface area contributed by atoms with E-state index >= 15 is 0 Å². The highest BCUT2D eigenvalue weighted by atomic mass is 32.1. The standard InChI is InChI=1S/C19H22N4O5S/c1-27-18(25)15-12-28-19(26)23(15)13-4-7-21(8-5-13)17(24)11-22-9-6-14(20-22)16-3-2-10-29-16/h2-3,6,9-10,13,15H,4-5,7-8,11-12H2,1H3/t15-/m1/s1. The maximum Gasteiger partial charge on any atom is 0.410 e. The van der Waals surface area contributed by atoms with Gasteiger partial charge >= 0.3 is 12.1 Å². The summed E-state index contributed by atoms with van der Waals surface area (Å²) in [6.45, 7) is 1.21. The molecule has 0 aliphatic carbocycles. The molecule has 29 heavy (non-hydrogen) atoms. The molecule has 9 nitrogen and oxygen atoms in total. The second-order valence-electron chi connectivity index (χ2n) is 7.01. The van der Waals surface area contributed by atoms with Crippen molar-refractivity contribution in [3.8, 4) is 10.6 Å². The number of aromatic nitrogens is 2. The van der Waals surface area contributed by atoms with Crippen molar-refractivity contribution in [1.29, 1.82) is 0 Å². The van der Waals surface area contributed by atoms with E-state index in [0.29, 0.717) is 25.9 Å². The topological polar surface area (TPSA) is 94.0 Å². The first kappa shape index (κ1) is 19.4. The Hall–Kier alpha value is -2.88. The Morgan fingerprint density at radius 1 is 1.31 bits per heavy atom. The lowest BCUT2D eigenvalue weighted by molar-refractivity contribution is -0.146. The first-order valence-corrected chi connectivity index (χ1v) is 10.3. The predicted octanol–water partition coefficient (Wildman–Crippen LogP) is 1.60. The molecule has 10 heteroatoms. The Morgan fingerprint density at radius 3 is 2.79 bits per heavy atom. The lowest BCUT2D eigenvalue weighted by Crippen LogP contribution is -2.52. The molecule has 2 aromatic heterocycles. The minimum atomic E-state index is -0.709. The van der Waals surface area contributed by atoms with Crippen LogP contribution < -0.4 is 0 Å². The van der Waals surface area contributed by atoms with Crippen LogP contribution in [0.1, 0.15) is 12.8 Å². The van der Waals surface area contributed by atoms with E-state index in [0.717, 1.165) is 10.6 Å². The fourth-order valence-electron chi connectivity index (χ4n) is 3.79. The third-order valence-electron chi connectivity index (χ3n) is 5.31. The monoisotopic (exact) mass is 418 g/mol. The zero-order valence-corrected chi connectivity index (χ0v) is 16.8. The number of piperidine rings is 1. The Bertz CT molecular complexity index is 888. The number of ether oxygens (including phenoxy) is 2. The molecule has 2 aromatic rings. The van der Waals surface area contributed by atoms with Crippen molar-refractivity contribution in [3.63, 3.8) is 0 Å². The lowest BCUT2D eigenvalue weighted by atomic mass is 10.0. The van der Waals surface area contributed by atoms with E-state index in [1.807, 2.05) is 23.6 Å². The van der Waals surface area contributed by atoms with Gasteiger partial charge in [0.25, 0.3) is 0 Å². The van der Waals surface area contributed by atoms with Gasteiger partial charge in [0.15, 0.2) is 6.04 Å². The van der Waals surface area contributed by atoms with Crippen molar-refractivity contribution in [2.45, 2.75) is 31.5 Å². The van der Waals surface area contributed by atoms with Crippen LogP contribution in [0, 0.1) is 0 Å². The number of amides is 2. The molecule has 2 amide bonds. The molecular weight excluding hydrogens is 396 g/mol. The van der Waals surface area contributed by atoms with Crippen LogP contribution in [0.3, 0.4) is 0 Å². The van der Waals surface area contributed by atoms with Crippen molar-refractivity contribution < 1.29 is 23.9 Å². The van der Waals surface area contributed by atoms with Gasteiger partial charge in [0.2, 0.25) is 5.91 Å². The molecule has 4 rings (SSSR count). The minimum Gasteiger partial charge on any atom is -0.467 e. The number of nitrogens with zero attached hydrogens (tertiary/aromatic N) is 4. The van der Waals surface area contributed by atoms with Crippen molar-refractivity contribution in [2.24, 2.45) is 0 Å². The molecule has 2 aliphatic rings. The molecular formula is C19H22N4O5S. The minimum absolute atomic E-state index is 0.0104. The van der Waals surface area contributed by atoms with Gasteiger partial charge in [-0.1, -0.05) is 6.07 Å². The van der Waals surface area contributed by atoms with Crippen LogP contribution in [0.25, 0.3) is 10.6 Å². The number of esters is 1. The molecule has 0 aromatic carbocycles. The van der Waals surface area contributed by atoms with Gasteiger partial charge in [0.1, 0.15) is 18.8 Å². The third-order valence-corrected chi connectivity index (χ3v) is 6.20. The van der Waals surface area contributed by atoms with E-state index in [1.165, 1.54) is 12.0 Å². The van der Waals surface area contributed by atoms with Crippen molar-refractivity contribution in [3.05, 3.63) is 29.8 Å². The molecule has 0 N–H and O–H groups in total. The third kappa shape index (κ3) is 3.98. The quantitative estimate of drug-likeness (QED) is 0.685. The summed E-state index contributed by atoms with van der Waals surface area (Å²) < 4.78 is 11.5. The van der Waals surface area contributed by atoms with E-state index in [-0.39, 0.29) is 25.1 Å². The Balaban J connectivity index is 1.33. The van der Waals surface area contributed by atoms with Gasteiger partial charge in [-0.05, 0) is 30.4 Å². The Morgan fingerprint density at radius 2 is 2.10 bits per heavy atom. The molecule has 2 aliphatic heterocycles. The highest BCUT2D eigenvalue weighted by Gasteiger charge is 2.44. The number of hydrogen-bond donors (Lipinski definition) is 0. The average Bonchev–Trinajstić information content (AvgIpc) is 3.48. The van der Waals surface area contributed by atoms with Crippen molar-refractivity contribution in [1.82, 2.24) is 19.6 Å². The molecule has 1 atom stereocenters. The molecule has 2 fully saturated rings. The van der Waals surface area contributed by atoms with E-state index < -0.39 is 18.1 Å². The number of methoxy groups -OCH3 is 1. The van der Waals surface area contributed by atoms with Crippen LogP contribution >= 0.6 is 11.3 Å². The van der Waals surface area contributed by atoms with Gasteiger partial charge in [0.05, 0.1) is 12.0 Å². The summed E-state index contributed by atoms with van der Waals surface area (Å²) in [5, 5.41) is 6.46. The molecule has 0 saturated carbocycles. The van der Waals surface area contributed by atoms with E-state index in [4.69, 9.17) is 9.47 Å². The first-order chi connectivity index (χ1) is 14.1. The Labute approximate surface area is 171 Å². The zero-order chi connectivity index (χ0) is 20.4. The van der Waals surface area contributed by atoms with Gasteiger partial charge in [0, 0.05) is 25.3 Å². The number of carbonyl (C=O) groups excluding carboxylic acids is 3. The van der Waals surface area contributed by atoms with Gasteiger partial charge < -0.3 is 14.4 Å². The summed E-state index contributed by atoms with van der Waals surface area (Å²) in [4.78, 5) is 40.9. The zero-order valence-electron chi connectivity index (χ0n) is 16.0. The molecule has 0 unspecified atom stereocenters. The van der Waals surface area contributed by atoms with Crippen LogP contribution in [0.4, 0.5) is 4.79 Å². The summed E-state index contributed by atoms with van der Waals surface area (Å²) in [6, 6.07) is 5.01. The van der Waals surface area contributed by atoms with Gasteiger partial charge in [-0.25, -0.2) is 9.59 Å². The Kier molecular flexibility index (Phi) is 5.52. The van der Waals surface area contributed by atoms with Crippen LogP contribution in [-0.4, -0.2) is 76.4 Å². The smallest absolute Gasteiger partial charge is 0.410 e. The number of likely N-dealkylation sites (tertiary alicyclic amines) is 1. The molecule has 0 bridgehead atoms. The normalized spacial score (nSPS) is 20.0. The number of thiophene rings is 1. The fourth-order valence-corrected chi connectivity index (χ4v) is 4.48. The number of carbonyl (C=O) groups is 3. The van der Waals surface area contributed by atoms with Crippen LogP contribution in [0.15, 0.2) is 29.8 Å².